The molecule has 1 N–H and O–H groups in total. The van der Waals surface area contributed by atoms with E-state index in [1.54, 1.807) is 18.2 Å². The Hall–Kier alpha value is -1.49. The number of benzene rings is 1. The van der Waals surface area contributed by atoms with Gasteiger partial charge in [-0.15, -0.1) is 13.2 Å². The van der Waals surface area contributed by atoms with Crippen molar-refractivity contribution in [1.82, 2.24) is 5.32 Å². The van der Waals surface area contributed by atoms with Crippen molar-refractivity contribution in [3.05, 3.63) is 35.4 Å². The molecule has 1 aromatic rings. The highest BCUT2D eigenvalue weighted by Gasteiger charge is 2.31. The average Bonchev–Trinajstić information content (AvgIpc) is 2.38. The van der Waals surface area contributed by atoms with Crippen LogP contribution in [0.5, 0.6) is 5.75 Å². The molecule has 0 atom stereocenters. The van der Waals surface area contributed by atoms with Crippen molar-refractivity contribution < 1.29 is 17.9 Å². The fourth-order valence-electron chi connectivity index (χ4n) is 1.85. The highest BCUT2D eigenvalue weighted by atomic mass is 19.4. The molecule has 0 heterocycles. The second-order valence-electron chi connectivity index (χ2n) is 5.14. The summed E-state index contributed by atoms with van der Waals surface area (Å²) in [5, 5.41) is 3.27. The van der Waals surface area contributed by atoms with Gasteiger partial charge in [-0.25, -0.2) is 0 Å². The average molecular weight is 301 g/mol. The van der Waals surface area contributed by atoms with E-state index in [-0.39, 0.29) is 11.7 Å². The van der Waals surface area contributed by atoms with Crippen LogP contribution in [-0.2, 0) is 0 Å². The summed E-state index contributed by atoms with van der Waals surface area (Å²) in [5.41, 5.74) is 1.48. The third-order valence-electron chi connectivity index (χ3n) is 2.98. The highest BCUT2D eigenvalue weighted by molar-refractivity contribution is 5.60. The predicted octanol–water partition coefficient (Wildman–Crippen LogP) is 4.62. The van der Waals surface area contributed by atoms with Crippen LogP contribution < -0.4 is 10.1 Å². The Bertz CT molecular complexity index is 467. The van der Waals surface area contributed by atoms with E-state index < -0.39 is 6.36 Å². The molecule has 0 fully saturated rings. The molecule has 1 rings (SSSR count). The van der Waals surface area contributed by atoms with Crippen LogP contribution in [0.2, 0.25) is 0 Å². The van der Waals surface area contributed by atoms with Gasteiger partial charge in [0.2, 0.25) is 0 Å². The van der Waals surface area contributed by atoms with E-state index in [1.807, 2.05) is 13.8 Å². The molecule has 0 aromatic heterocycles. The maximum Gasteiger partial charge on any atom is 0.573 e. The summed E-state index contributed by atoms with van der Waals surface area (Å²) in [6.07, 6.45) is -1.89. The van der Waals surface area contributed by atoms with Crippen molar-refractivity contribution in [2.45, 2.75) is 33.6 Å². The van der Waals surface area contributed by atoms with E-state index >= 15 is 0 Å². The van der Waals surface area contributed by atoms with Crippen LogP contribution in [0.4, 0.5) is 13.2 Å². The van der Waals surface area contributed by atoms with Crippen molar-refractivity contribution in [3.63, 3.8) is 0 Å². The van der Waals surface area contributed by atoms with Crippen molar-refractivity contribution >= 4 is 6.08 Å². The molecule has 0 aliphatic heterocycles. The van der Waals surface area contributed by atoms with Gasteiger partial charge in [-0.1, -0.05) is 50.6 Å². The topological polar surface area (TPSA) is 21.3 Å². The van der Waals surface area contributed by atoms with Gasteiger partial charge in [-0.3, -0.25) is 0 Å². The summed E-state index contributed by atoms with van der Waals surface area (Å²) in [7, 11) is 0. The first kappa shape index (κ1) is 17.6. The van der Waals surface area contributed by atoms with Crippen LogP contribution in [0.1, 0.15) is 32.8 Å². The van der Waals surface area contributed by atoms with E-state index in [0.717, 1.165) is 18.5 Å². The standard InChI is InChI=1S/C16H22F3NO/c1-4-9-20-11-14(12(2)3)10-13-7-5-6-8-15(13)21-16(17,18)19/h5-8,10,12,20H,4,9,11H2,1-3H3. The van der Waals surface area contributed by atoms with Gasteiger partial charge < -0.3 is 10.1 Å². The number of rotatable bonds is 7. The van der Waals surface area contributed by atoms with E-state index in [0.29, 0.717) is 12.1 Å². The lowest BCUT2D eigenvalue weighted by Crippen LogP contribution is -2.20. The Morgan fingerprint density at radius 2 is 1.95 bits per heavy atom. The number of halogens is 3. The number of para-hydroxylation sites is 1. The first-order valence-corrected chi connectivity index (χ1v) is 7.09. The highest BCUT2D eigenvalue weighted by Crippen LogP contribution is 2.28. The third kappa shape index (κ3) is 6.67. The lowest BCUT2D eigenvalue weighted by Gasteiger charge is -2.15. The molecule has 0 spiro atoms. The fraction of sp³-hybridized carbons (Fsp3) is 0.500. The summed E-state index contributed by atoms with van der Waals surface area (Å²) < 4.78 is 41.3. The molecule has 0 saturated carbocycles. The fourth-order valence-corrected chi connectivity index (χ4v) is 1.85. The van der Waals surface area contributed by atoms with Crippen molar-refractivity contribution in [1.29, 1.82) is 0 Å². The molecule has 0 aliphatic rings. The van der Waals surface area contributed by atoms with Gasteiger partial charge in [-0.05, 0) is 24.9 Å². The van der Waals surface area contributed by atoms with Gasteiger partial charge >= 0.3 is 6.36 Å². The van der Waals surface area contributed by atoms with Gasteiger partial charge in [0.05, 0.1) is 0 Å². The van der Waals surface area contributed by atoms with Gasteiger partial charge in [0.15, 0.2) is 0 Å². The van der Waals surface area contributed by atoms with E-state index in [1.165, 1.54) is 12.1 Å². The molecule has 0 unspecified atom stereocenters. The number of alkyl halides is 3. The Morgan fingerprint density at radius 1 is 1.29 bits per heavy atom. The van der Waals surface area contributed by atoms with Crippen LogP contribution in [0.25, 0.3) is 6.08 Å². The largest absolute Gasteiger partial charge is 0.573 e. The predicted molar refractivity (Wildman–Crippen MR) is 79.1 cm³/mol. The van der Waals surface area contributed by atoms with Crippen LogP contribution in [0.15, 0.2) is 29.8 Å². The second-order valence-corrected chi connectivity index (χ2v) is 5.14. The van der Waals surface area contributed by atoms with Crippen LogP contribution in [0, 0.1) is 5.92 Å². The summed E-state index contributed by atoms with van der Waals surface area (Å²) in [6.45, 7) is 7.65. The minimum atomic E-state index is -4.68. The summed E-state index contributed by atoms with van der Waals surface area (Å²) >= 11 is 0. The lowest BCUT2D eigenvalue weighted by molar-refractivity contribution is -0.274. The van der Waals surface area contributed by atoms with Crippen molar-refractivity contribution in [3.8, 4) is 5.75 Å². The van der Waals surface area contributed by atoms with E-state index in [4.69, 9.17) is 0 Å². The second kappa shape index (κ2) is 8.08. The molecule has 0 saturated heterocycles. The molecule has 0 bridgehead atoms. The van der Waals surface area contributed by atoms with Gasteiger partial charge in [0.1, 0.15) is 5.75 Å². The van der Waals surface area contributed by atoms with Crippen molar-refractivity contribution in [2.24, 2.45) is 5.92 Å². The Kier molecular flexibility index (Phi) is 6.75. The smallest absolute Gasteiger partial charge is 0.405 e. The zero-order valence-corrected chi connectivity index (χ0v) is 12.6. The van der Waals surface area contributed by atoms with Gasteiger partial charge in [-0.2, -0.15) is 0 Å². The molecular formula is C16H22F3NO. The molecule has 0 radical (unpaired) electrons. The van der Waals surface area contributed by atoms with Crippen molar-refractivity contribution in [2.75, 3.05) is 13.1 Å². The molecule has 21 heavy (non-hydrogen) atoms. The maximum atomic E-state index is 12.4. The first-order chi connectivity index (χ1) is 9.83. The number of nitrogens with one attached hydrogen (secondary N) is 1. The number of hydrogen-bond donors (Lipinski definition) is 1. The van der Waals surface area contributed by atoms with E-state index in [2.05, 4.69) is 17.0 Å². The minimum Gasteiger partial charge on any atom is -0.405 e. The summed E-state index contributed by atoms with van der Waals surface area (Å²) in [6, 6.07) is 6.19. The summed E-state index contributed by atoms with van der Waals surface area (Å²) in [4.78, 5) is 0. The van der Waals surface area contributed by atoms with Gasteiger partial charge in [0.25, 0.3) is 0 Å². The Morgan fingerprint density at radius 3 is 2.52 bits per heavy atom. The monoisotopic (exact) mass is 301 g/mol. The molecule has 1 aromatic carbocycles. The number of hydrogen-bond acceptors (Lipinski definition) is 2. The SMILES string of the molecule is CCCNCC(=Cc1ccccc1OC(F)(F)F)C(C)C. The molecule has 118 valence electrons. The number of ether oxygens (including phenoxy) is 1. The molecule has 2 nitrogen and oxygen atoms in total. The zero-order valence-electron chi connectivity index (χ0n) is 12.6. The van der Waals surface area contributed by atoms with Crippen LogP contribution >= 0.6 is 0 Å². The third-order valence-corrected chi connectivity index (χ3v) is 2.98. The Labute approximate surface area is 124 Å². The van der Waals surface area contributed by atoms with Crippen LogP contribution in [-0.4, -0.2) is 19.5 Å². The maximum absolute atomic E-state index is 12.4. The first-order valence-electron chi connectivity index (χ1n) is 7.09. The zero-order chi connectivity index (χ0) is 15.9. The summed E-state index contributed by atoms with van der Waals surface area (Å²) in [5.74, 6) is 0.0759. The molecular weight excluding hydrogens is 279 g/mol. The molecule has 0 amide bonds. The lowest BCUT2D eigenvalue weighted by atomic mass is 10.00. The molecule has 0 aliphatic carbocycles. The normalized spacial score (nSPS) is 12.8. The Balaban J connectivity index is 2.98. The van der Waals surface area contributed by atoms with Gasteiger partial charge in [0, 0.05) is 12.1 Å². The quantitative estimate of drug-likeness (QED) is 0.742. The minimum absolute atomic E-state index is 0.168. The van der Waals surface area contributed by atoms with Crippen LogP contribution in [0.3, 0.4) is 0 Å². The van der Waals surface area contributed by atoms with E-state index in [9.17, 15) is 13.2 Å². The molecule has 5 heteroatoms.